The van der Waals surface area contributed by atoms with E-state index in [1.165, 1.54) is 6.07 Å². The number of rotatable bonds is 1. The zero-order valence-corrected chi connectivity index (χ0v) is 9.92. The van der Waals surface area contributed by atoms with Crippen molar-refractivity contribution < 1.29 is 9.50 Å². The second-order valence-corrected chi connectivity index (χ2v) is 4.32. The standard InChI is InChI=1S/C10H10BrFN2O/c1-5(15)10-6-3-8(12)7(11)4-9(6)14(2)13-10/h3-5,15H,1-2H3. The van der Waals surface area contributed by atoms with Gasteiger partial charge in [0.2, 0.25) is 0 Å². The molecule has 0 saturated carbocycles. The monoisotopic (exact) mass is 272 g/mol. The Balaban J connectivity index is 2.82. The Morgan fingerprint density at radius 1 is 1.53 bits per heavy atom. The van der Waals surface area contributed by atoms with Gasteiger partial charge in [0.05, 0.1) is 21.8 Å². The number of aliphatic hydroxyl groups excluding tert-OH is 1. The molecular formula is C10H10BrFN2O. The lowest BCUT2D eigenvalue weighted by atomic mass is 10.1. The average molecular weight is 273 g/mol. The minimum absolute atomic E-state index is 0.350. The summed E-state index contributed by atoms with van der Waals surface area (Å²) in [6.45, 7) is 1.61. The van der Waals surface area contributed by atoms with E-state index in [2.05, 4.69) is 21.0 Å². The molecule has 0 fully saturated rings. The quantitative estimate of drug-likeness (QED) is 0.867. The van der Waals surface area contributed by atoms with Crippen LogP contribution in [0.4, 0.5) is 4.39 Å². The first kappa shape index (κ1) is 10.6. The first-order valence-electron chi connectivity index (χ1n) is 4.50. The Morgan fingerprint density at radius 2 is 2.20 bits per heavy atom. The molecular weight excluding hydrogens is 263 g/mol. The Labute approximate surface area is 94.6 Å². The number of aryl methyl sites for hydroxylation is 1. The molecule has 0 radical (unpaired) electrons. The number of hydrogen-bond donors (Lipinski definition) is 1. The number of halogens is 2. The number of aromatic nitrogens is 2. The van der Waals surface area contributed by atoms with Crippen LogP contribution in [-0.2, 0) is 7.05 Å². The van der Waals surface area contributed by atoms with Crippen molar-refractivity contribution in [3.05, 3.63) is 28.1 Å². The van der Waals surface area contributed by atoms with Gasteiger partial charge in [0, 0.05) is 12.4 Å². The lowest BCUT2D eigenvalue weighted by molar-refractivity contribution is 0.195. The van der Waals surface area contributed by atoms with E-state index in [1.54, 1.807) is 24.7 Å². The maximum absolute atomic E-state index is 13.3. The number of fused-ring (bicyclic) bond motifs is 1. The fraction of sp³-hybridized carbons (Fsp3) is 0.300. The van der Waals surface area contributed by atoms with Gasteiger partial charge >= 0.3 is 0 Å². The van der Waals surface area contributed by atoms with Crippen LogP contribution < -0.4 is 0 Å². The maximum Gasteiger partial charge on any atom is 0.138 e. The van der Waals surface area contributed by atoms with E-state index in [4.69, 9.17) is 0 Å². The van der Waals surface area contributed by atoms with Crippen LogP contribution in [-0.4, -0.2) is 14.9 Å². The van der Waals surface area contributed by atoms with Crippen LogP contribution in [0.3, 0.4) is 0 Å². The van der Waals surface area contributed by atoms with E-state index in [-0.39, 0.29) is 5.82 Å². The van der Waals surface area contributed by atoms with Crippen molar-refractivity contribution >= 4 is 26.8 Å². The lowest BCUT2D eigenvalue weighted by Gasteiger charge is -2.00. The summed E-state index contributed by atoms with van der Waals surface area (Å²) in [5.74, 6) is -0.350. The third-order valence-corrected chi connectivity index (χ3v) is 2.92. The fourth-order valence-corrected chi connectivity index (χ4v) is 1.92. The van der Waals surface area contributed by atoms with Crippen molar-refractivity contribution in [2.24, 2.45) is 7.05 Å². The van der Waals surface area contributed by atoms with Crippen molar-refractivity contribution in [3.8, 4) is 0 Å². The molecule has 0 aliphatic rings. The molecule has 0 aliphatic carbocycles. The zero-order valence-electron chi connectivity index (χ0n) is 8.33. The van der Waals surface area contributed by atoms with Gasteiger partial charge in [0.25, 0.3) is 0 Å². The normalized spacial score (nSPS) is 13.4. The molecule has 1 N–H and O–H groups in total. The smallest absolute Gasteiger partial charge is 0.138 e. The SMILES string of the molecule is CC(O)c1nn(C)c2cc(Br)c(F)cc12. The van der Waals surface area contributed by atoms with E-state index in [1.807, 2.05) is 0 Å². The Kier molecular flexibility index (Phi) is 2.52. The van der Waals surface area contributed by atoms with Gasteiger partial charge in [-0.05, 0) is 35.0 Å². The molecule has 0 aliphatic heterocycles. The summed E-state index contributed by atoms with van der Waals surface area (Å²) in [5.41, 5.74) is 1.29. The minimum Gasteiger partial charge on any atom is -0.387 e. The van der Waals surface area contributed by atoms with Crippen LogP contribution in [0.2, 0.25) is 0 Å². The van der Waals surface area contributed by atoms with Gasteiger partial charge < -0.3 is 5.11 Å². The summed E-state index contributed by atoms with van der Waals surface area (Å²) in [4.78, 5) is 0. The fourth-order valence-electron chi connectivity index (χ4n) is 1.59. The third-order valence-electron chi connectivity index (χ3n) is 2.32. The molecule has 0 spiro atoms. The van der Waals surface area contributed by atoms with Gasteiger partial charge in [-0.2, -0.15) is 5.10 Å². The summed E-state index contributed by atoms with van der Waals surface area (Å²) < 4.78 is 15.4. The van der Waals surface area contributed by atoms with Crippen molar-refractivity contribution in [3.63, 3.8) is 0 Å². The predicted octanol–water partition coefficient (Wildman–Crippen LogP) is 2.53. The van der Waals surface area contributed by atoms with Gasteiger partial charge in [0.1, 0.15) is 5.82 Å². The molecule has 2 rings (SSSR count). The number of aliphatic hydroxyl groups is 1. The summed E-state index contributed by atoms with van der Waals surface area (Å²) in [6, 6.07) is 3.04. The molecule has 80 valence electrons. The average Bonchev–Trinajstić information content (AvgIpc) is 2.45. The highest BCUT2D eigenvalue weighted by atomic mass is 79.9. The van der Waals surface area contributed by atoms with Crippen LogP contribution in [0.1, 0.15) is 18.7 Å². The molecule has 2 aromatic rings. The molecule has 1 unspecified atom stereocenters. The minimum atomic E-state index is -0.700. The molecule has 1 aromatic carbocycles. The summed E-state index contributed by atoms with van der Waals surface area (Å²) >= 11 is 3.12. The molecule has 1 aromatic heterocycles. The molecule has 15 heavy (non-hydrogen) atoms. The van der Waals surface area contributed by atoms with Gasteiger partial charge in [-0.3, -0.25) is 4.68 Å². The van der Waals surface area contributed by atoms with Crippen molar-refractivity contribution in [2.75, 3.05) is 0 Å². The second kappa shape index (κ2) is 3.57. The summed E-state index contributed by atoms with van der Waals surface area (Å²) in [5, 5.41) is 14.3. The zero-order chi connectivity index (χ0) is 11.2. The van der Waals surface area contributed by atoms with Crippen LogP contribution in [0.25, 0.3) is 10.9 Å². The molecule has 3 nitrogen and oxygen atoms in total. The van der Waals surface area contributed by atoms with Gasteiger partial charge in [0.15, 0.2) is 0 Å². The highest BCUT2D eigenvalue weighted by Crippen LogP contribution is 2.28. The Bertz CT molecular complexity index is 522. The van der Waals surface area contributed by atoms with Gasteiger partial charge in [-0.15, -0.1) is 0 Å². The third kappa shape index (κ3) is 1.66. The van der Waals surface area contributed by atoms with Crippen molar-refractivity contribution in [2.45, 2.75) is 13.0 Å². The summed E-state index contributed by atoms with van der Waals surface area (Å²) in [6.07, 6.45) is -0.700. The van der Waals surface area contributed by atoms with Gasteiger partial charge in [-0.1, -0.05) is 0 Å². The molecule has 0 amide bonds. The number of benzene rings is 1. The van der Waals surface area contributed by atoms with Crippen molar-refractivity contribution in [1.82, 2.24) is 9.78 Å². The van der Waals surface area contributed by atoms with E-state index < -0.39 is 6.10 Å². The molecule has 0 saturated heterocycles. The Morgan fingerprint density at radius 3 is 2.80 bits per heavy atom. The second-order valence-electron chi connectivity index (χ2n) is 3.47. The molecule has 1 heterocycles. The van der Waals surface area contributed by atoms with E-state index in [0.29, 0.717) is 15.6 Å². The van der Waals surface area contributed by atoms with Crippen LogP contribution in [0.15, 0.2) is 16.6 Å². The predicted molar refractivity (Wildman–Crippen MR) is 59.0 cm³/mol. The highest BCUT2D eigenvalue weighted by molar-refractivity contribution is 9.10. The van der Waals surface area contributed by atoms with Gasteiger partial charge in [-0.25, -0.2) is 4.39 Å². The van der Waals surface area contributed by atoms with E-state index in [9.17, 15) is 9.50 Å². The first-order chi connectivity index (χ1) is 7.00. The topological polar surface area (TPSA) is 38.1 Å². The Hall–Kier alpha value is -0.940. The lowest BCUT2D eigenvalue weighted by Crippen LogP contribution is -1.95. The van der Waals surface area contributed by atoms with E-state index >= 15 is 0 Å². The van der Waals surface area contributed by atoms with Crippen molar-refractivity contribution in [1.29, 1.82) is 0 Å². The molecule has 5 heteroatoms. The maximum atomic E-state index is 13.3. The van der Waals surface area contributed by atoms with E-state index in [0.717, 1.165) is 5.52 Å². The molecule has 1 atom stereocenters. The number of nitrogens with zero attached hydrogens (tertiary/aromatic N) is 2. The van der Waals surface area contributed by atoms with Crippen LogP contribution in [0, 0.1) is 5.82 Å². The van der Waals surface area contributed by atoms with Crippen LogP contribution in [0.5, 0.6) is 0 Å². The summed E-state index contributed by atoms with van der Waals surface area (Å²) in [7, 11) is 1.76. The number of hydrogen-bond acceptors (Lipinski definition) is 2. The highest BCUT2D eigenvalue weighted by Gasteiger charge is 2.15. The molecule has 0 bridgehead atoms. The largest absolute Gasteiger partial charge is 0.387 e. The first-order valence-corrected chi connectivity index (χ1v) is 5.29. The van der Waals surface area contributed by atoms with Crippen LogP contribution >= 0.6 is 15.9 Å².